The summed E-state index contributed by atoms with van der Waals surface area (Å²) in [5.74, 6) is -2.17. The summed E-state index contributed by atoms with van der Waals surface area (Å²) in [6.45, 7) is 5.11. The fraction of sp³-hybridized carbons (Fsp3) is 0.560. The first kappa shape index (κ1) is 25.9. The minimum Gasteiger partial charge on any atom is -0.487 e. The zero-order valence-corrected chi connectivity index (χ0v) is 18.5. The number of carbonyl (C=O) groups excluding carboxylic acids is 1. The first-order valence-corrected chi connectivity index (χ1v) is 10.9. The number of allylic oxidation sites excluding steroid dienone is 3. The molecule has 1 fully saturated rings. The van der Waals surface area contributed by atoms with Crippen LogP contribution in [0.1, 0.15) is 65.7 Å². The fourth-order valence-electron chi connectivity index (χ4n) is 3.02. The molecule has 0 atom stereocenters. The van der Waals surface area contributed by atoms with E-state index < -0.39 is 12.5 Å². The van der Waals surface area contributed by atoms with Crippen molar-refractivity contribution < 1.29 is 23.0 Å². The second-order valence-electron chi connectivity index (χ2n) is 7.77. The molecule has 5 heteroatoms. The number of ether oxygens (including phenoxy) is 2. The molecule has 0 spiro atoms. The van der Waals surface area contributed by atoms with Gasteiger partial charge in [-0.15, -0.1) is 0 Å². The highest BCUT2D eigenvalue weighted by atomic mass is 19.3. The van der Waals surface area contributed by atoms with Crippen molar-refractivity contribution in [3.63, 3.8) is 0 Å². The van der Waals surface area contributed by atoms with E-state index in [1.54, 1.807) is 30.3 Å². The number of alkyl halides is 2. The lowest BCUT2D eigenvalue weighted by Gasteiger charge is -2.14. The van der Waals surface area contributed by atoms with Gasteiger partial charge in [0.15, 0.2) is 6.61 Å². The summed E-state index contributed by atoms with van der Waals surface area (Å²) in [6, 6.07) is 8.71. The van der Waals surface area contributed by atoms with E-state index in [1.807, 2.05) is 32.9 Å². The van der Waals surface area contributed by atoms with E-state index in [2.05, 4.69) is 6.08 Å². The molecule has 0 N–H and O–H groups in total. The van der Waals surface area contributed by atoms with Crippen LogP contribution in [0.2, 0.25) is 0 Å². The van der Waals surface area contributed by atoms with Crippen molar-refractivity contribution in [3.8, 4) is 5.75 Å². The number of hydrogen-bond donors (Lipinski definition) is 0. The van der Waals surface area contributed by atoms with Gasteiger partial charge >= 0.3 is 5.97 Å². The van der Waals surface area contributed by atoms with Crippen LogP contribution in [0.25, 0.3) is 0 Å². The predicted octanol–water partition coefficient (Wildman–Crippen LogP) is 7.13. The Bertz CT molecular complexity index is 633. The maximum atomic E-state index is 13.6. The number of esters is 1. The van der Waals surface area contributed by atoms with Gasteiger partial charge in [0.2, 0.25) is 0 Å². The van der Waals surface area contributed by atoms with Gasteiger partial charge in [0.1, 0.15) is 5.75 Å². The third-order valence-electron chi connectivity index (χ3n) is 4.54. The molecular formula is C25H36F2O3. The van der Waals surface area contributed by atoms with E-state index in [-0.39, 0.29) is 12.1 Å². The third-order valence-corrected chi connectivity index (χ3v) is 4.54. The van der Waals surface area contributed by atoms with Gasteiger partial charge in [0, 0.05) is 6.42 Å². The van der Waals surface area contributed by atoms with Gasteiger partial charge in [-0.2, -0.15) is 8.78 Å². The summed E-state index contributed by atoms with van der Waals surface area (Å²) in [5.41, 5.74) is 0. The Morgan fingerprint density at radius 3 is 2.47 bits per heavy atom. The van der Waals surface area contributed by atoms with Crippen LogP contribution in [0.4, 0.5) is 8.78 Å². The highest BCUT2D eigenvalue weighted by Crippen LogP contribution is 2.27. The van der Waals surface area contributed by atoms with Gasteiger partial charge in [-0.05, 0) is 70.6 Å². The van der Waals surface area contributed by atoms with Gasteiger partial charge in [-0.3, -0.25) is 4.79 Å². The summed E-state index contributed by atoms with van der Waals surface area (Å²) >= 11 is 0. The quantitative estimate of drug-likeness (QED) is 0.228. The van der Waals surface area contributed by atoms with Gasteiger partial charge in [-0.1, -0.05) is 49.3 Å². The molecule has 1 aliphatic carbocycles. The molecular weight excluding hydrogens is 386 g/mol. The zero-order valence-electron chi connectivity index (χ0n) is 18.5. The van der Waals surface area contributed by atoms with Gasteiger partial charge in [0.05, 0.1) is 6.10 Å². The number of carbonyl (C=O) groups is 1. The van der Waals surface area contributed by atoms with Crippen molar-refractivity contribution in [2.75, 3.05) is 6.61 Å². The molecule has 0 saturated heterocycles. The number of benzene rings is 1. The minimum absolute atomic E-state index is 0.0132. The van der Waals surface area contributed by atoms with Gasteiger partial charge in [-0.25, -0.2) is 0 Å². The molecule has 3 nitrogen and oxygen atoms in total. The lowest BCUT2D eigenvalue weighted by atomic mass is 10.1. The maximum absolute atomic E-state index is 13.6. The Kier molecular flexibility index (Phi) is 12.7. The molecule has 1 aliphatic rings. The molecule has 0 radical (unpaired) electrons. The van der Waals surface area contributed by atoms with E-state index in [0.29, 0.717) is 18.1 Å². The average molecular weight is 423 g/mol. The Labute approximate surface area is 180 Å². The molecule has 0 amide bonds. The maximum Gasteiger partial charge on any atom is 0.306 e. The molecule has 0 heterocycles. The zero-order chi connectivity index (χ0) is 22.2. The summed E-state index contributed by atoms with van der Waals surface area (Å²) in [6.07, 6.45) is 13.5. The second kappa shape index (κ2) is 14.8. The highest BCUT2D eigenvalue weighted by Gasteiger charge is 2.27. The van der Waals surface area contributed by atoms with Crippen LogP contribution in [-0.2, 0) is 9.53 Å². The van der Waals surface area contributed by atoms with Gasteiger partial charge < -0.3 is 9.47 Å². The fourth-order valence-corrected chi connectivity index (χ4v) is 3.02. The molecule has 0 aromatic heterocycles. The number of unbranched alkanes of at least 4 members (excludes halogenated alkanes) is 1. The van der Waals surface area contributed by atoms with Crippen LogP contribution in [0.3, 0.4) is 0 Å². The second-order valence-corrected chi connectivity index (χ2v) is 7.77. The average Bonchev–Trinajstić information content (AvgIpc) is 3.23. The first-order valence-electron chi connectivity index (χ1n) is 10.9. The number of halogens is 2. The lowest BCUT2D eigenvalue weighted by molar-refractivity contribution is -0.147. The smallest absolute Gasteiger partial charge is 0.306 e. The van der Waals surface area contributed by atoms with Crippen molar-refractivity contribution in [1.29, 1.82) is 0 Å². The van der Waals surface area contributed by atoms with Crippen molar-refractivity contribution in [1.82, 2.24) is 0 Å². The van der Waals surface area contributed by atoms with Crippen LogP contribution in [0, 0.1) is 5.92 Å². The van der Waals surface area contributed by atoms with Crippen LogP contribution < -0.4 is 4.74 Å². The molecule has 1 aromatic rings. The van der Waals surface area contributed by atoms with Crippen molar-refractivity contribution in [3.05, 3.63) is 54.6 Å². The van der Waals surface area contributed by atoms with E-state index in [4.69, 9.17) is 9.47 Å². The number of para-hydroxylation sites is 1. The van der Waals surface area contributed by atoms with Crippen molar-refractivity contribution in [2.24, 2.45) is 5.92 Å². The van der Waals surface area contributed by atoms with Crippen LogP contribution in [0.5, 0.6) is 5.75 Å². The number of rotatable bonds is 10. The van der Waals surface area contributed by atoms with E-state index in [1.165, 1.54) is 0 Å². The van der Waals surface area contributed by atoms with Gasteiger partial charge in [0.25, 0.3) is 5.92 Å². The molecule has 2 rings (SSSR count). The monoisotopic (exact) mass is 422 g/mol. The third kappa shape index (κ3) is 13.1. The molecule has 30 heavy (non-hydrogen) atoms. The minimum atomic E-state index is -2.89. The highest BCUT2D eigenvalue weighted by molar-refractivity contribution is 5.69. The van der Waals surface area contributed by atoms with Crippen LogP contribution >= 0.6 is 0 Å². The van der Waals surface area contributed by atoms with Crippen molar-refractivity contribution >= 4 is 5.97 Å². The topological polar surface area (TPSA) is 35.5 Å². The summed E-state index contributed by atoms with van der Waals surface area (Å²) in [5, 5.41) is 0. The van der Waals surface area contributed by atoms with E-state index in [0.717, 1.165) is 44.6 Å². The predicted molar refractivity (Wildman–Crippen MR) is 118 cm³/mol. The molecule has 1 saturated carbocycles. The lowest BCUT2D eigenvalue weighted by Crippen LogP contribution is -2.23. The summed E-state index contributed by atoms with van der Waals surface area (Å²) in [7, 11) is 0. The molecule has 1 aromatic carbocycles. The van der Waals surface area contributed by atoms with E-state index in [9.17, 15) is 13.6 Å². The standard InChI is InChI=1S/C15H18F2O.C10H18O2/c16-15(17,11-10-13-6-4-5-7-13)12-18-14-8-2-1-3-9-14;1-4-5-6-7-8-10(11)12-9(2)3/h1-3,8-11,13H,4-7,12H2;4-5,9H,6-8H2,1-3H3/b11-10+;5-4-. The van der Waals surface area contributed by atoms with Crippen LogP contribution in [0.15, 0.2) is 54.6 Å². The molecule has 0 aliphatic heterocycles. The summed E-state index contributed by atoms with van der Waals surface area (Å²) < 4.78 is 37.2. The Hall–Kier alpha value is -2.17. The Morgan fingerprint density at radius 1 is 1.20 bits per heavy atom. The first-order chi connectivity index (χ1) is 14.3. The molecule has 0 bridgehead atoms. The number of hydrogen-bond acceptors (Lipinski definition) is 3. The molecule has 168 valence electrons. The largest absolute Gasteiger partial charge is 0.487 e. The normalized spacial score (nSPS) is 14.9. The molecule has 0 unspecified atom stereocenters. The summed E-state index contributed by atoms with van der Waals surface area (Å²) in [4.78, 5) is 11.0. The Balaban J connectivity index is 0.000000329. The van der Waals surface area contributed by atoms with Crippen molar-refractivity contribution in [2.45, 2.75) is 77.7 Å². The van der Waals surface area contributed by atoms with Crippen LogP contribution in [-0.4, -0.2) is 24.6 Å². The van der Waals surface area contributed by atoms with E-state index >= 15 is 0 Å². The SMILES string of the molecule is C/C=C\CCCC(=O)OC(C)C.FC(F)(/C=C/C1CCCC1)COc1ccccc1. The Morgan fingerprint density at radius 2 is 1.87 bits per heavy atom.